The van der Waals surface area contributed by atoms with Gasteiger partial charge in [0.05, 0.1) is 5.60 Å². The molecule has 2 rings (SSSR count). The Morgan fingerprint density at radius 2 is 1.87 bits per heavy atom. The first-order valence-corrected chi connectivity index (χ1v) is 4.93. The average Bonchev–Trinajstić information content (AvgIpc) is 2.19. The second-order valence-corrected chi connectivity index (χ2v) is 3.83. The summed E-state index contributed by atoms with van der Waals surface area (Å²) in [5.41, 5.74) is 0.0586. The monoisotopic (exact) mass is 229 g/mol. The Balaban J connectivity index is 0.00000112. The highest BCUT2D eigenvalue weighted by atomic mass is 35.5. The molecule has 1 aliphatic heterocycles. The number of piperidine rings is 1. The summed E-state index contributed by atoms with van der Waals surface area (Å²) >= 11 is 0. The molecule has 4 heteroatoms. The van der Waals surface area contributed by atoms with E-state index in [9.17, 15) is 10.2 Å². The third-order valence-electron chi connectivity index (χ3n) is 2.81. The van der Waals surface area contributed by atoms with Gasteiger partial charge in [-0.1, -0.05) is 12.1 Å². The number of aliphatic hydroxyl groups is 1. The van der Waals surface area contributed by atoms with E-state index >= 15 is 0 Å². The van der Waals surface area contributed by atoms with Gasteiger partial charge >= 0.3 is 0 Å². The fourth-order valence-corrected chi connectivity index (χ4v) is 1.92. The maximum atomic E-state index is 10.3. The lowest BCUT2D eigenvalue weighted by Gasteiger charge is -2.33. The Bertz CT molecular complexity index is 324. The second kappa shape index (κ2) is 4.84. The highest BCUT2D eigenvalue weighted by Gasteiger charge is 2.30. The highest BCUT2D eigenvalue weighted by molar-refractivity contribution is 5.85. The van der Waals surface area contributed by atoms with E-state index in [0.717, 1.165) is 18.7 Å². The molecular weight excluding hydrogens is 214 g/mol. The molecule has 84 valence electrons. The van der Waals surface area contributed by atoms with Crippen molar-refractivity contribution >= 4 is 12.4 Å². The largest absolute Gasteiger partial charge is 0.508 e. The van der Waals surface area contributed by atoms with Crippen LogP contribution in [-0.4, -0.2) is 23.3 Å². The third-order valence-corrected chi connectivity index (χ3v) is 2.81. The summed E-state index contributed by atoms with van der Waals surface area (Å²) in [6.45, 7) is 1.65. The number of hydrogen-bond acceptors (Lipinski definition) is 3. The van der Waals surface area contributed by atoms with Crippen LogP contribution in [0.2, 0.25) is 0 Å². The highest BCUT2D eigenvalue weighted by Crippen LogP contribution is 2.31. The van der Waals surface area contributed by atoms with Crippen LogP contribution in [0.3, 0.4) is 0 Å². The molecule has 0 unspecified atom stereocenters. The molecule has 3 N–H and O–H groups in total. The maximum Gasteiger partial charge on any atom is 0.115 e. The standard InChI is InChI=1S/C11H15NO2.ClH/c13-10-3-1-2-9(8-10)11(14)4-6-12-7-5-11;/h1-3,8,12-14H,4-7H2;1H. The maximum absolute atomic E-state index is 10.3. The topological polar surface area (TPSA) is 52.5 Å². The Labute approximate surface area is 95.5 Å². The number of aromatic hydroxyl groups is 1. The zero-order valence-electron chi connectivity index (χ0n) is 8.44. The SMILES string of the molecule is Cl.Oc1cccc(C2(O)CCNCC2)c1. The summed E-state index contributed by atoms with van der Waals surface area (Å²) in [6.07, 6.45) is 1.41. The first kappa shape index (κ1) is 12.3. The summed E-state index contributed by atoms with van der Waals surface area (Å²) in [4.78, 5) is 0. The van der Waals surface area contributed by atoms with Crippen LogP contribution in [0, 0.1) is 0 Å². The molecule has 1 aromatic rings. The molecule has 0 amide bonds. The number of rotatable bonds is 1. The molecule has 1 saturated heterocycles. The van der Waals surface area contributed by atoms with Gasteiger partial charge in [-0.15, -0.1) is 12.4 Å². The molecule has 0 atom stereocenters. The normalized spacial score (nSPS) is 19.3. The van der Waals surface area contributed by atoms with Gasteiger partial charge in [-0.3, -0.25) is 0 Å². The van der Waals surface area contributed by atoms with Crippen molar-refractivity contribution in [2.45, 2.75) is 18.4 Å². The molecule has 15 heavy (non-hydrogen) atoms. The second-order valence-electron chi connectivity index (χ2n) is 3.83. The quantitative estimate of drug-likeness (QED) is 0.682. The molecule has 0 bridgehead atoms. The molecule has 3 nitrogen and oxygen atoms in total. The minimum absolute atomic E-state index is 0. The minimum atomic E-state index is -0.760. The molecular formula is C11H16ClNO2. The molecule has 1 aliphatic rings. The van der Waals surface area contributed by atoms with Gasteiger partial charge in [-0.2, -0.15) is 0 Å². The van der Waals surface area contributed by atoms with E-state index in [1.165, 1.54) is 0 Å². The molecule has 0 spiro atoms. The first-order valence-electron chi connectivity index (χ1n) is 4.93. The smallest absolute Gasteiger partial charge is 0.115 e. The Kier molecular flexibility index (Phi) is 3.97. The summed E-state index contributed by atoms with van der Waals surface area (Å²) in [5.74, 6) is 0.217. The number of nitrogens with one attached hydrogen (secondary N) is 1. The molecule has 0 aromatic heterocycles. The van der Waals surface area contributed by atoms with Crippen molar-refractivity contribution in [1.29, 1.82) is 0 Å². The van der Waals surface area contributed by atoms with Crippen LogP contribution in [0.5, 0.6) is 5.75 Å². The van der Waals surface area contributed by atoms with Gasteiger partial charge in [0.25, 0.3) is 0 Å². The van der Waals surface area contributed by atoms with Gasteiger partial charge in [-0.25, -0.2) is 0 Å². The van der Waals surface area contributed by atoms with Gasteiger partial charge in [0.1, 0.15) is 5.75 Å². The molecule has 0 radical (unpaired) electrons. The van der Waals surface area contributed by atoms with Crippen LogP contribution in [-0.2, 0) is 5.60 Å². The van der Waals surface area contributed by atoms with Crippen molar-refractivity contribution in [2.24, 2.45) is 0 Å². The molecule has 1 aromatic carbocycles. The van der Waals surface area contributed by atoms with Gasteiger partial charge < -0.3 is 15.5 Å². The van der Waals surface area contributed by atoms with E-state index in [2.05, 4.69) is 5.32 Å². The Morgan fingerprint density at radius 3 is 2.47 bits per heavy atom. The van der Waals surface area contributed by atoms with E-state index in [0.29, 0.717) is 12.8 Å². The van der Waals surface area contributed by atoms with E-state index in [1.54, 1.807) is 18.2 Å². The lowest BCUT2D eigenvalue weighted by molar-refractivity contribution is 0.00576. The van der Waals surface area contributed by atoms with E-state index in [4.69, 9.17) is 0 Å². The average molecular weight is 230 g/mol. The van der Waals surface area contributed by atoms with Crippen molar-refractivity contribution in [3.8, 4) is 5.75 Å². The predicted molar refractivity (Wildman–Crippen MR) is 61.4 cm³/mol. The molecule has 1 fully saturated rings. The molecule has 0 aliphatic carbocycles. The van der Waals surface area contributed by atoms with Crippen LogP contribution in [0.4, 0.5) is 0 Å². The van der Waals surface area contributed by atoms with Gasteiger partial charge in [-0.05, 0) is 43.6 Å². The fourth-order valence-electron chi connectivity index (χ4n) is 1.92. The van der Waals surface area contributed by atoms with E-state index in [-0.39, 0.29) is 18.2 Å². The van der Waals surface area contributed by atoms with Gasteiger partial charge in [0, 0.05) is 0 Å². The number of halogens is 1. The lowest BCUT2D eigenvalue weighted by Crippen LogP contribution is -2.39. The molecule has 0 saturated carbocycles. The zero-order chi connectivity index (χ0) is 10.0. The van der Waals surface area contributed by atoms with Crippen LogP contribution in [0.1, 0.15) is 18.4 Å². The van der Waals surface area contributed by atoms with Crippen LogP contribution in [0.15, 0.2) is 24.3 Å². The number of benzene rings is 1. The summed E-state index contributed by atoms with van der Waals surface area (Å²) < 4.78 is 0. The van der Waals surface area contributed by atoms with Crippen molar-refractivity contribution in [2.75, 3.05) is 13.1 Å². The van der Waals surface area contributed by atoms with Crippen molar-refractivity contribution < 1.29 is 10.2 Å². The third kappa shape index (κ3) is 2.62. The van der Waals surface area contributed by atoms with Crippen molar-refractivity contribution in [3.63, 3.8) is 0 Å². The Morgan fingerprint density at radius 1 is 1.20 bits per heavy atom. The summed E-state index contributed by atoms with van der Waals surface area (Å²) in [5, 5.41) is 22.8. The van der Waals surface area contributed by atoms with E-state index in [1.807, 2.05) is 6.07 Å². The number of phenolic OH excluding ortho intramolecular Hbond substituents is 1. The molecule has 1 heterocycles. The minimum Gasteiger partial charge on any atom is -0.508 e. The van der Waals surface area contributed by atoms with E-state index < -0.39 is 5.60 Å². The van der Waals surface area contributed by atoms with Crippen LogP contribution < -0.4 is 5.32 Å². The predicted octanol–water partition coefficient (Wildman–Crippen LogP) is 1.38. The van der Waals surface area contributed by atoms with Crippen LogP contribution >= 0.6 is 12.4 Å². The first-order chi connectivity index (χ1) is 6.71. The number of phenols is 1. The lowest BCUT2D eigenvalue weighted by atomic mass is 9.85. The van der Waals surface area contributed by atoms with Crippen molar-refractivity contribution in [3.05, 3.63) is 29.8 Å². The number of hydrogen-bond donors (Lipinski definition) is 3. The van der Waals surface area contributed by atoms with Crippen molar-refractivity contribution in [1.82, 2.24) is 5.32 Å². The summed E-state index contributed by atoms with van der Waals surface area (Å²) in [6, 6.07) is 6.90. The van der Waals surface area contributed by atoms with Crippen LogP contribution in [0.25, 0.3) is 0 Å². The summed E-state index contributed by atoms with van der Waals surface area (Å²) in [7, 11) is 0. The Hall–Kier alpha value is -0.770. The van der Waals surface area contributed by atoms with Gasteiger partial charge in [0.2, 0.25) is 0 Å². The zero-order valence-corrected chi connectivity index (χ0v) is 9.26. The fraction of sp³-hybridized carbons (Fsp3) is 0.455. The van der Waals surface area contributed by atoms with Gasteiger partial charge in [0.15, 0.2) is 0 Å².